The molecule has 1 unspecified atom stereocenters. The first-order valence-corrected chi connectivity index (χ1v) is 15.0. The molecule has 1 saturated heterocycles. The summed E-state index contributed by atoms with van der Waals surface area (Å²) < 4.78 is 70.3. The summed E-state index contributed by atoms with van der Waals surface area (Å²) >= 11 is 1.50. The number of aromatic nitrogens is 3. The fourth-order valence-corrected chi connectivity index (χ4v) is 6.90. The summed E-state index contributed by atoms with van der Waals surface area (Å²) in [6, 6.07) is 12.4. The molecule has 2 aromatic heterocycles. The van der Waals surface area contributed by atoms with Gasteiger partial charge in [-0.15, -0.1) is 11.3 Å². The molecule has 0 amide bonds. The Kier molecular flexibility index (Phi) is 7.20. The molecule has 0 saturated carbocycles. The quantitative estimate of drug-likeness (QED) is 0.223. The summed E-state index contributed by atoms with van der Waals surface area (Å²) in [6.07, 6.45) is -2.84. The van der Waals surface area contributed by atoms with Crippen LogP contribution in [0.25, 0.3) is 0 Å². The van der Waals surface area contributed by atoms with Crippen molar-refractivity contribution in [3.8, 4) is 0 Å². The first-order chi connectivity index (χ1) is 21.2. The minimum atomic E-state index is -4.56. The van der Waals surface area contributed by atoms with E-state index in [0.717, 1.165) is 35.2 Å². The number of aryl methyl sites for hydroxylation is 1. The molecule has 8 nitrogen and oxygen atoms in total. The molecule has 1 fully saturated rings. The third kappa shape index (κ3) is 5.15. The van der Waals surface area contributed by atoms with Crippen LogP contribution in [0.2, 0.25) is 0 Å². The molecule has 3 aliphatic rings. The lowest BCUT2D eigenvalue weighted by Gasteiger charge is -2.45. The predicted molar refractivity (Wildman–Crippen MR) is 155 cm³/mol. The van der Waals surface area contributed by atoms with Crippen molar-refractivity contribution in [2.75, 3.05) is 18.1 Å². The van der Waals surface area contributed by atoms with Crippen molar-refractivity contribution in [2.24, 2.45) is 10.1 Å². The molecule has 2 atom stereocenters. The first kappa shape index (κ1) is 28.6. The van der Waals surface area contributed by atoms with Crippen molar-refractivity contribution in [3.05, 3.63) is 98.8 Å². The highest BCUT2D eigenvalue weighted by molar-refractivity contribution is 7.10. The van der Waals surface area contributed by atoms with Gasteiger partial charge in [-0.3, -0.25) is 5.01 Å². The van der Waals surface area contributed by atoms with Crippen molar-refractivity contribution >= 4 is 29.0 Å². The van der Waals surface area contributed by atoms with Crippen molar-refractivity contribution in [1.29, 1.82) is 0 Å². The molecule has 44 heavy (non-hydrogen) atoms. The van der Waals surface area contributed by atoms with Crippen LogP contribution >= 0.6 is 11.3 Å². The van der Waals surface area contributed by atoms with Gasteiger partial charge < -0.3 is 4.84 Å². The lowest BCUT2D eigenvalue weighted by atomic mass is 9.98. The highest BCUT2D eigenvalue weighted by Gasteiger charge is 2.39. The van der Waals surface area contributed by atoms with Crippen molar-refractivity contribution < 1.29 is 26.8 Å². The van der Waals surface area contributed by atoms with Crippen LogP contribution in [0.15, 0.2) is 64.1 Å². The first-order valence-electron chi connectivity index (χ1n) is 14.1. The van der Waals surface area contributed by atoms with Crippen LogP contribution in [-0.2, 0) is 11.0 Å². The van der Waals surface area contributed by atoms with E-state index in [9.17, 15) is 22.0 Å². The van der Waals surface area contributed by atoms with Gasteiger partial charge in [0.25, 0.3) is 0 Å². The van der Waals surface area contributed by atoms with Gasteiger partial charge >= 0.3 is 6.18 Å². The number of hydrogen-bond donors (Lipinski definition) is 0. The SMILES string of the molecule is Cc1cc(C(F)(F)F)nn1C1N=Cc2ccccc2N1N1CCC(c2nc(C3=NO[C@H](c4c(F)cccc4F)C3)cs2)CC1. The maximum atomic E-state index is 14.3. The van der Waals surface area contributed by atoms with E-state index in [2.05, 4.69) is 20.3 Å². The molecule has 228 valence electrons. The van der Waals surface area contributed by atoms with Crippen LogP contribution in [0, 0.1) is 18.6 Å². The van der Waals surface area contributed by atoms with Gasteiger partial charge in [-0.25, -0.2) is 28.4 Å². The Morgan fingerprint density at radius 2 is 1.75 bits per heavy atom. The van der Waals surface area contributed by atoms with Crippen LogP contribution in [0.5, 0.6) is 0 Å². The fraction of sp³-hybridized carbons (Fsp3) is 0.333. The maximum absolute atomic E-state index is 14.3. The summed E-state index contributed by atoms with van der Waals surface area (Å²) in [6.45, 7) is 2.83. The number of piperidine rings is 1. The lowest BCUT2D eigenvalue weighted by Crippen LogP contribution is -2.51. The zero-order valence-corrected chi connectivity index (χ0v) is 24.2. The molecule has 2 aromatic carbocycles. The molecule has 7 rings (SSSR count). The van der Waals surface area contributed by atoms with E-state index in [4.69, 9.17) is 9.82 Å². The minimum absolute atomic E-state index is 0.143. The fourth-order valence-electron chi connectivity index (χ4n) is 5.90. The number of anilines is 1. The number of nitrogens with zero attached hydrogens (tertiary/aromatic N) is 7. The lowest BCUT2D eigenvalue weighted by molar-refractivity contribution is -0.141. The van der Waals surface area contributed by atoms with Crippen LogP contribution in [-0.4, -0.2) is 44.8 Å². The number of oxime groups is 1. The Morgan fingerprint density at radius 1 is 1.00 bits per heavy atom. The van der Waals surface area contributed by atoms with E-state index in [-0.39, 0.29) is 17.9 Å². The Labute approximate surface area is 253 Å². The second kappa shape index (κ2) is 11.1. The van der Waals surface area contributed by atoms with Gasteiger partial charge in [-0.05, 0) is 44.0 Å². The van der Waals surface area contributed by atoms with Gasteiger partial charge in [0, 0.05) is 48.3 Å². The van der Waals surface area contributed by atoms with Gasteiger partial charge in [0.1, 0.15) is 17.3 Å². The van der Waals surface area contributed by atoms with Crippen LogP contribution < -0.4 is 5.01 Å². The zero-order valence-electron chi connectivity index (χ0n) is 23.4. The second-order valence-electron chi connectivity index (χ2n) is 10.9. The molecule has 5 heterocycles. The van der Waals surface area contributed by atoms with Gasteiger partial charge in [-0.1, -0.05) is 29.4 Å². The number of alkyl halides is 3. The zero-order chi connectivity index (χ0) is 30.6. The van der Waals surface area contributed by atoms with Crippen molar-refractivity contribution in [2.45, 2.75) is 50.7 Å². The van der Waals surface area contributed by atoms with Gasteiger partial charge in [0.15, 0.2) is 11.8 Å². The molecule has 0 N–H and O–H groups in total. The maximum Gasteiger partial charge on any atom is 0.435 e. The number of aliphatic imine (C=N–C) groups is 1. The summed E-state index contributed by atoms with van der Waals surface area (Å²) in [4.78, 5) is 14.8. The molecule has 0 aliphatic carbocycles. The second-order valence-corrected chi connectivity index (χ2v) is 11.8. The molecule has 4 aromatic rings. The third-order valence-electron chi connectivity index (χ3n) is 8.11. The Hall–Kier alpha value is -4.17. The number of hydrazine groups is 1. The molecule has 3 aliphatic heterocycles. The van der Waals surface area contributed by atoms with Gasteiger partial charge in [0.05, 0.1) is 22.0 Å². The average Bonchev–Trinajstić information content (AvgIpc) is 3.77. The van der Waals surface area contributed by atoms with E-state index in [1.54, 1.807) is 13.1 Å². The van der Waals surface area contributed by atoms with Crippen LogP contribution in [0.1, 0.15) is 70.8 Å². The molecule has 0 radical (unpaired) electrons. The van der Waals surface area contributed by atoms with E-state index in [1.807, 2.05) is 34.7 Å². The monoisotopic (exact) mass is 627 g/mol. The topological polar surface area (TPSA) is 71.1 Å². The number of benzene rings is 2. The Bertz CT molecular complexity index is 1740. The number of para-hydroxylation sites is 1. The Balaban J connectivity index is 1.07. The minimum Gasteiger partial charge on any atom is -0.387 e. The average molecular weight is 628 g/mol. The molecule has 14 heteroatoms. The summed E-state index contributed by atoms with van der Waals surface area (Å²) in [5.74, 6) is -1.20. The number of thiazole rings is 1. The summed E-state index contributed by atoms with van der Waals surface area (Å²) in [7, 11) is 0. The predicted octanol–water partition coefficient (Wildman–Crippen LogP) is 7.00. The molecule has 0 spiro atoms. The number of hydrogen-bond acceptors (Lipinski definition) is 8. The van der Waals surface area contributed by atoms with Gasteiger partial charge in [-0.2, -0.15) is 18.3 Å². The Morgan fingerprint density at radius 3 is 2.48 bits per heavy atom. The smallest absolute Gasteiger partial charge is 0.387 e. The van der Waals surface area contributed by atoms with E-state index >= 15 is 0 Å². The normalized spacial score (nSPS) is 21.0. The van der Waals surface area contributed by atoms with Gasteiger partial charge in [0.2, 0.25) is 6.29 Å². The van der Waals surface area contributed by atoms with E-state index in [1.165, 1.54) is 34.2 Å². The molecule has 0 bridgehead atoms. The number of rotatable bonds is 5. The summed E-state index contributed by atoms with van der Waals surface area (Å²) in [5.41, 5.74) is 2.13. The van der Waals surface area contributed by atoms with Crippen LogP contribution in [0.3, 0.4) is 0 Å². The molecular weight excluding hydrogens is 601 g/mol. The van der Waals surface area contributed by atoms with Crippen LogP contribution in [0.4, 0.5) is 27.6 Å². The summed E-state index contributed by atoms with van der Waals surface area (Å²) in [5, 5.41) is 14.8. The van der Waals surface area contributed by atoms with E-state index in [0.29, 0.717) is 30.2 Å². The highest BCUT2D eigenvalue weighted by Crippen LogP contribution is 2.39. The number of fused-ring (bicyclic) bond motifs is 1. The third-order valence-corrected chi connectivity index (χ3v) is 9.12. The van der Waals surface area contributed by atoms with E-state index < -0.39 is 35.9 Å². The standard InChI is InChI=1S/C30H26F5N7OS/c1-17-13-26(30(33,34)35)38-41(17)29-36-15-19-5-2-3-8-24(19)42(29)40-11-9-18(10-12-40)28-37-23(16-44-28)22-14-25(43-39-22)27-20(31)6-4-7-21(27)32/h2-8,13,15-16,18,25,29H,9-12,14H2,1H3/t25-,29?/m0/s1. The van der Waals surface area contributed by atoms with Crippen molar-refractivity contribution in [3.63, 3.8) is 0 Å². The van der Waals surface area contributed by atoms with Crippen molar-refractivity contribution in [1.82, 2.24) is 19.8 Å². The largest absolute Gasteiger partial charge is 0.435 e. The molecular formula is C30H26F5N7OS. The highest BCUT2D eigenvalue weighted by atomic mass is 32.1. The number of halogens is 5.